The van der Waals surface area contributed by atoms with Crippen molar-refractivity contribution >= 4 is 11.8 Å². The average Bonchev–Trinajstić information content (AvgIpc) is 2.74. The second-order valence-corrected chi connectivity index (χ2v) is 8.33. The summed E-state index contributed by atoms with van der Waals surface area (Å²) >= 11 is 0. The molecule has 0 atom stereocenters. The molecule has 1 aromatic rings. The normalized spacial score (nSPS) is 18.8. The van der Waals surface area contributed by atoms with Crippen LogP contribution in [-0.4, -0.2) is 36.3 Å². The van der Waals surface area contributed by atoms with Gasteiger partial charge in [0, 0.05) is 32.0 Å². The van der Waals surface area contributed by atoms with Gasteiger partial charge >= 0.3 is 0 Å². The zero-order chi connectivity index (χ0) is 19.8. The number of piperidine rings is 1. The van der Waals surface area contributed by atoms with Crippen LogP contribution in [0.15, 0.2) is 24.3 Å². The molecule has 28 heavy (non-hydrogen) atoms. The highest BCUT2D eigenvalue weighted by atomic mass is 19.1. The van der Waals surface area contributed by atoms with Gasteiger partial charge in [-0.15, -0.1) is 0 Å². The van der Waals surface area contributed by atoms with Crippen LogP contribution in [0.1, 0.15) is 63.4 Å². The van der Waals surface area contributed by atoms with Crippen molar-refractivity contribution in [2.45, 2.75) is 64.2 Å². The summed E-state index contributed by atoms with van der Waals surface area (Å²) in [6.45, 7) is 1.80. The van der Waals surface area contributed by atoms with Gasteiger partial charge in [0.25, 0.3) is 0 Å². The molecule has 1 aromatic carbocycles. The van der Waals surface area contributed by atoms with E-state index in [1.807, 2.05) is 4.90 Å². The highest BCUT2D eigenvalue weighted by molar-refractivity contribution is 5.80. The number of halogens is 1. The van der Waals surface area contributed by atoms with Crippen molar-refractivity contribution in [1.29, 1.82) is 0 Å². The highest BCUT2D eigenvalue weighted by Gasteiger charge is 2.27. The summed E-state index contributed by atoms with van der Waals surface area (Å²) in [5.41, 5.74) is 0.626. The molecule has 0 aromatic heterocycles. The molecular formula is C23H33FN2O2. The van der Waals surface area contributed by atoms with Crippen LogP contribution in [0, 0.1) is 17.7 Å². The Hall–Kier alpha value is -1.91. The molecule has 2 amide bonds. The van der Waals surface area contributed by atoms with Gasteiger partial charge in [-0.2, -0.15) is 0 Å². The van der Waals surface area contributed by atoms with E-state index in [1.165, 1.54) is 38.2 Å². The van der Waals surface area contributed by atoms with Crippen LogP contribution in [0.2, 0.25) is 0 Å². The van der Waals surface area contributed by atoms with Crippen molar-refractivity contribution < 1.29 is 14.0 Å². The monoisotopic (exact) mass is 388 g/mol. The lowest BCUT2D eigenvalue weighted by Crippen LogP contribution is -2.43. The highest BCUT2D eigenvalue weighted by Crippen LogP contribution is 2.28. The molecule has 154 valence electrons. The number of nitrogens with one attached hydrogen (secondary N) is 1. The maximum absolute atomic E-state index is 13.6. The van der Waals surface area contributed by atoms with E-state index in [-0.39, 0.29) is 23.5 Å². The second-order valence-electron chi connectivity index (χ2n) is 8.33. The molecule has 2 aliphatic rings. The molecule has 5 heteroatoms. The average molecular weight is 389 g/mol. The SMILES string of the molecule is O=C(NCCc1ccccc1F)C1CCN(C(=O)CCC2CCCCC2)CC1. The Kier molecular flexibility index (Phi) is 7.87. The molecule has 3 rings (SSSR count). The lowest BCUT2D eigenvalue weighted by molar-refractivity contribution is -0.135. The van der Waals surface area contributed by atoms with Crippen LogP contribution in [0.25, 0.3) is 0 Å². The fourth-order valence-corrected chi connectivity index (χ4v) is 4.52. The maximum Gasteiger partial charge on any atom is 0.223 e. The minimum atomic E-state index is -0.225. The van der Waals surface area contributed by atoms with Crippen LogP contribution in [-0.2, 0) is 16.0 Å². The van der Waals surface area contributed by atoms with Crippen molar-refractivity contribution in [2.75, 3.05) is 19.6 Å². The summed E-state index contributed by atoms with van der Waals surface area (Å²) in [6, 6.07) is 6.67. The maximum atomic E-state index is 13.6. The molecule has 1 saturated heterocycles. The first kappa shape index (κ1) is 20.8. The first-order chi connectivity index (χ1) is 13.6. The number of hydrogen-bond acceptors (Lipinski definition) is 2. The number of hydrogen-bond donors (Lipinski definition) is 1. The van der Waals surface area contributed by atoms with Gasteiger partial charge in [0.05, 0.1) is 0 Å². The summed E-state index contributed by atoms with van der Waals surface area (Å²) in [7, 11) is 0. The van der Waals surface area contributed by atoms with Crippen LogP contribution in [0.3, 0.4) is 0 Å². The number of carbonyl (C=O) groups excluding carboxylic acids is 2. The van der Waals surface area contributed by atoms with Crippen molar-refractivity contribution in [3.8, 4) is 0 Å². The molecule has 1 saturated carbocycles. The van der Waals surface area contributed by atoms with Gasteiger partial charge in [0.2, 0.25) is 11.8 Å². The van der Waals surface area contributed by atoms with Crippen molar-refractivity contribution in [3.05, 3.63) is 35.6 Å². The summed E-state index contributed by atoms with van der Waals surface area (Å²) in [6.07, 6.45) is 10.2. The summed E-state index contributed by atoms with van der Waals surface area (Å²) in [5.74, 6) is 0.755. The Morgan fingerprint density at radius 2 is 1.75 bits per heavy atom. The number of amides is 2. The largest absolute Gasteiger partial charge is 0.356 e. The fraction of sp³-hybridized carbons (Fsp3) is 0.652. The molecule has 0 unspecified atom stereocenters. The standard InChI is InChI=1S/C23H33FN2O2/c24-21-9-5-4-8-19(21)12-15-25-23(28)20-13-16-26(17-14-20)22(27)11-10-18-6-2-1-3-7-18/h4-5,8-9,18,20H,1-3,6-7,10-17H2,(H,25,28). The van der Waals surface area contributed by atoms with Gasteiger partial charge < -0.3 is 10.2 Å². The topological polar surface area (TPSA) is 49.4 Å². The first-order valence-corrected chi connectivity index (χ1v) is 10.9. The van der Waals surface area contributed by atoms with Gasteiger partial charge in [-0.25, -0.2) is 4.39 Å². The Morgan fingerprint density at radius 3 is 2.46 bits per heavy atom. The molecule has 1 aliphatic carbocycles. The van der Waals surface area contributed by atoms with E-state index >= 15 is 0 Å². The Morgan fingerprint density at radius 1 is 1.04 bits per heavy atom. The predicted molar refractivity (Wildman–Crippen MR) is 108 cm³/mol. The number of benzene rings is 1. The van der Waals surface area contributed by atoms with E-state index in [4.69, 9.17) is 0 Å². The molecule has 0 spiro atoms. The van der Waals surface area contributed by atoms with Gasteiger partial charge in [0.1, 0.15) is 5.82 Å². The van der Waals surface area contributed by atoms with E-state index < -0.39 is 0 Å². The van der Waals surface area contributed by atoms with Gasteiger partial charge in [-0.1, -0.05) is 50.3 Å². The van der Waals surface area contributed by atoms with Crippen LogP contribution in [0.5, 0.6) is 0 Å². The van der Waals surface area contributed by atoms with Gasteiger partial charge in [0.15, 0.2) is 0 Å². The fourth-order valence-electron chi connectivity index (χ4n) is 4.52. The summed E-state index contributed by atoms with van der Waals surface area (Å²) in [5, 5.41) is 2.93. The summed E-state index contributed by atoms with van der Waals surface area (Å²) < 4.78 is 13.6. The van der Waals surface area contributed by atoms with Gasteiger partial charge in [-0.05, 0) is 43.2 Å². The molecule has 2 fully saturated rings. The Labute approximate surface area is 167 Å². The number of carbonyl (C=O) groups is 2. The third-order valence-corrected chi connectivity index (χ3v) is 6.36. The molecule has 1 aliphatic heterocycles. The first-order valence-electron chi connectivity index (χ1n) is 10.9. The lowest BCUT2D eigenvalue weighted by atomic mass is 9.86. The number of rotatable bonds is 7. The predicted octanol–water partition coefficient (Wildman–Crippen LogP) is 4.08. The zero-order valence-electron chi connectivity index (χ0n) is 16.8. The van der Waals surface area contributed by atoms with Crippen LogP contribution >= 0.6 is 0 Å². The smallest absolute Gasteiger partial charge is 0.223 e. The quantitative estimate of drug-likeness (QED) is 0.765. The van der Waals surface area contributed by atoms with E-state index in [0.717, 1.165) is 25.2 Å². The number of likely N-dealkylation sites (tertiary alicyclic amines) is 1. The van der Waals surface area contributed by atoms with Crippen molar-refractivity contribution in [1.82, 2.24) is 10.2 Å². The third-order valence-electron chi connectivity index (χ3n) is 6.36. The molecule has 0 bridgehead atoms. The molecule has 1 heterocycles. The summed E-state index contributed by atoms with van der Waals surface area (Å²) in [4.78, 5) is 26.8. The van der Waals surface area contributed by atoms with Crippen molar-refractivity contribution in [3.63, 3.8) is 0 Å². The van der Waals surface area contributed by atoms with Crippen molar-refractivity contribution in [2.24, 2.45) is 11.8 Å². The zero-order valence-corrected chi connectivity index (χ0v) is 16.8. The molecule has 0 radical (unpaired) electrons. The van der Waals surface area contributed by atoms with E-state index in [9.17, 15) is 14.0 Å². The second kappa shape index (κ2) is 10.6. The molecular weight excluding hydrogens is 355 g/mol. The third kappa shape index (κ3) is 6.05. The van der Waals surface area contributed by atoms with E-state index in [2.05, 4.69) is 5.32 Å². The van der Waals surface area contributed by atoms with E-state index in [0.29, 0.717) is 38.0 Å². The van der Waals surface area contributed by atoms with E-state index in [1.54, 1.807) is 18.2 Å². The van der Waals surface area contributed by atoms with Crippen LogP contribution < -0.4 is 5.32 Å². The molecule has 1 N–H and O–H groups in total. The molecule has 4 nitrogen and oxygen atoms in total. The Bertz CT molecular complexity index is 650. The lowest BCUT2D eigenvalue weighted by Gasteiger charge is -2.32. The minimum Gasteiger partial charge on any atom is -0.356 e. The minimum absolute atomic E-state index is 0.0330. The van der Waals surface area contributed by atoms with Gasteiger partial charge in [-0.3, -0.25) is 9.59 Å². The Balaban J connectivity index is 1.33. The number of nitrogens with zero attached hydrogens (tertiary/aromatic N) is 1. The van der Waals surface area contributed by atoms with Crippen LogP contribution in [0.4, 0.5) is 4.39 Å².